The van der Waals surface area contributed by atoms with Crippen LogP contribution in [0.3, 0.4) is 0 Å². The first kappa shape index (κ1) is 14.7. The normalized spacial score (nSPS) is 10.3. The number of rotatable bonds is 5. The monoisotopic (exact) mass is 336 g/mol. The van der Waals surface area contributed by atoms with Crippen molar-refractivity contribution in [3.63, 3.8) is 0 Å². The van der Waals surface area contributed by atoms with Crippen molar-refractivity contribution >= 4 is 27.7 Å². The van der Waals surface area contributed by atoms with E-state index in [0.717, 1.165) is 10.0 Å². The van der Waals surface area contributed by atoms with Crippen molar-refractivity contribution in [1.82, 2.24) is 4.98 Å². The van der Waals surface area contributed by atoms with Crippen molar-refractivity contribution in [2.75, 3.05) is 5.32 Å². The van der Waals surface area contributed by atoms with Crippen molar-refractivity contribution < 1.29 is 9.18 Å². The summed E-state index contributed by atoms with van der Waals surface area (Å²) < 4.78 is 13.8. The van der Waals surface area contributed by atoms with E-state index in [1.807, 2.05) is 6.07 Å². The minimum Gasteiger partial charge on any atom is -0.311 e. The maximum absolute atomic E-state index is 13.0. The zero-order valence-corrected chi connectivity index (χ0v) is 12.4. The molecular weight excluding hydrogens is 323 g/mol. The summed E-state index contributed by atoms with van der Waals surface area (Å²) in [5.74, 6) is 0.187. The first-order valence-electron chi connectivity index (χ1n) is 6.29. The molecule has 1 aromatic heterocycles. The lowest BCUT2D eigenvalue weighted by Crippen LogP contribution is -2.12. The van der Waals surface area contributed by atoms with Gasteiger partial charge in [-0.3, -0.25) is 4.79 Å². The standard InChI is InChI=1S/C15H14BrFN2O/c16-12-7-8-18-14(10-12)19-15(20)6-2-4-11-3-1-5-13(17)9-11/h1,3,5,7-10H,2,4,6H2,(H,18,19,20). The molecule has 1 amide bonds. The van der Waals surface area contributed by atoms with Gasteiger partial charge in [0.15, 0.2) is 0 Å². The Bertz CT molecular complexity index is 604. The quantitative estimate of drug-likeness (QED) is 0.898. The Balaban J connectivity index is 1.78. The molecule has 20 heavy (non-hydrogen) atoms. The van der Waals surface area contributed by atoms with Crippen molar-refractivity contribution in [2.24, 2.45) is 0 Å². The van der Waals surface area contributed by atoms with Crippen LogP contribution in [0.15, 0.2) is 47.1 Å². The van der Waals surface area contributed by atoms with Crippen LogP contribution in [0.5, 0.6) is 0 Å². The van der Waals surface area contributed by atoms with Gasteiger partial charge < -0.3 is 5.32 Å². The predicted octanol–water partition coefficient (Wildman–Crippen LogP) is 3.94. The van der Waals surface area contributed by atoms with Crippen molar-refractivity contribution in [3.05, 3.63) is 58.4 Å². The number of hydrogen-bond acceptors (Lipinski definition) is 2. The number of carbonyl (C=O) groups excluding carboxylic acids is 1. The molecule has 1 N–H and O–H groups in total. The van der Waals surface area contributed by atoms with Crippen molar-refractivity contribution in [2.45, 2.75) is 19.3 Å². The summed E-state index contributed by atoms with van der Waals surface area (Å²) in [5, 5.41) is 2.73. The van der Waals surface area contributed by atoms with Gasteiger partial charge in [-0.15, -0.1) is 0 Å². The maximum atomic E-state index is 13.0. The molecule has 0 aliphatic heterocycles. The van der Waals surface area contributed by atoms with Crippen LogP contribution >= 0.6 is 15.9 Å². The minimum absolute atomic E-state index is 0.0907. The lowest BCUT2D eigenvalue weighted by Gasteiger charge is -2.05. The third kappa shape index (κ3) is 4.74. The topological polar surface area (TPSA) is 42.0 Å². The third-order valence-corrected chi connectivity index (χ3v) is 3.24. The van der Waals surface area contributed by atoms with Gasteiger partial charge in [0.25, 0.3) is 0 Å². The second kappa shape index (κ2) is 7.14. The summed E-state index contributed by atoms with van der Waals surface area (Å²) in [6.07, 6.45) is 3.34. The fraction of sp³-hybridized carbons (Fsp3) is 0.200. The van der Waals surface area contributed by atoms with Crippen LogP contribution in [0.25, 0.3) is 0 Å². The molecule has 0 unspecified atom stereocenters. The molecule has 1 aromatic carbocycles. The Hall–Kier alpha value is -1.75. The summed E-state index contributed by atoms with van der Waals surface area (Å²) in [6, 6.07) is 9.97. The fourth-order valence-corrected chi connectivity index (χ4v) is 2.16. The Kier molecular flexibility index (Phi) is 5.24. The van der Waals surface area contributed by atoms with E-state index in [-0.39, 0.29) is 11.7 Å². The number of carbonyl (C=O) groups is 1. The predicted molar refractivity (Wildman–Crippen MR) is 79.9 cm³/mol. The first-order valence-corrected chi connectivity index (χ1v) is 7.08. The smallest absolute Gasteiger partial charge is 0.225 e. The van der Waals surface area contributed by atoms with Gasteiger partial charge in [-0.2, -0.15) is 0 Å². The number of hydrogen-bond donors (Lipinski definition) is 1. The maximum Gasteiger partial charge on any atom is 0.225 e. The zero-order valence-electron chi connectivity index (χ0n) is 10.8. The Morgan fingerprint density at radius 3 is 2.90 bits per heavy atom. The van der Waals surface area contributed by atoms with Crippen molar-refractivity contribution in [1.29, 1.82) is 0 Å². The largest absolute Gasteiger partial charge is 0.311 e. The molecule has 0 radical (unpaired) electrons. The van der Waals surface area contributed by atoms with E-state index >= 15 is 0 Å². The van der Waals surface area contributed by atoms with Gasteiger partial charge in [0.05, 0.1) is 0 Å². The summed E-state index contributed by atoms with van der Waals surface area (Å²) in [6.45, 7) is 0. The zero-order chi connectivity index (χ0) is 14.4. The highest BCUT2D eigenvalue weighted by atomic mass is 79.9. The lowest BCUT2D eigenvalue weighted by molar-refractivity contribution is -0.116. The third-order valence-electron chi connectivity index (χ3n) is 2.75. The molecule has 5 heteroatoms. The van der Waals surface area contributed by atoms with Gasteiger partial charge in [-0.25, -0.2) is 9.37 Å². The lowest BCUT2D eigenvalue weighted by atomic mass is 10.1. The molecule has 2 rings (SSSR count). The van der Waals surface area contributed by atoms with Gasteiger partial charge in [0.2, 0.25) is 5.91 Å². The molecular formula is C15H14BrFN2O. The number of halogens is 2. The Morgan fingerprint density at radius 1 is 1.30 bits per heavy atom. The number of nitrogens with zero attached hydrogens (tertiary/aromatic N) is 1. The van der Waals surface area contributed by atoms with Gasteiger partial charge in [0, 0.05) is 17.1 Å². The van der Waals surface area contributed by atoms with Crippen molar-refractivity contribution in [3.8, 4) is 0 Å². The molecule has 104 valence electrons. The first-order chi connectivity index (χ1) is 9.63. The molecule has 0 aliphatic carbocycles. The summed E-state index contributed by atoms with van der Waals surface area (Å²) in [7, 11) is 0. The Morgan fingerprint density at radius 2 is 2.15 bits per heavy atom. The molecule has 0 spiro atoms. The van der Waals surface area contributed by atoms with Crippen LogP contribution in [0.4, 0.5) is 10.2 Å². The molecule has 0 saturated heterocycles. The number of nitrogens with one attached hydrogen (secondary N) is 1. The van der Waals surface area contributed by atoms with Crippen LogP contribution in [0.2, 0.25) is 0 Å². The second-order valence-electron chi connectivity index (χ2n) is 4.39. The summed E-state index contributed by atoms with van der Waals surface area (Å²) in [4.78, 5) is 15.8. The highest BCUT2D eigenvalue weighted by molar-refractivity contribution is 9.10. The Labute approximate surface area is 125 Å². The van der Waals surface area contributed by atoms with Crippen LogP contribution < -0.4 is 5.32 Å². The minimum atomic E-state index is -0.245. The van der Waals surface area contributed by atoms with E-state index in [2.05, 4.69) is 26.2 Å². The molecule has 0 bridgehead atoms. The van der Waals surface area contributed by atoms with Gasteiger partial charge in [0.1, 0.15) is 11.6 Å². The SMILES string of the molecule is O=C(CCCc1cccc(F)c1)Nc1cc(Br)ccn1. The van der Waals surface area contributed by atoms with E-state index < -0.39 is 0 Å². The number of aromatic nitrogens is 1. The summed E-state index contributed by atoms with van der Waals surface area (Å²) in [5.41, 5.74) is 0.901. The number of benzene rings is 1. The highest BCUT2D eigenvalue weighted by Gasteiger charge is 2.04. The number of anilines is 1. The number of aryl methyl sites for hydroxylation is 1. The molecule has 0 atom stereocenters. The van der Waals surface area contributed by atoms with E-state index in [0.29, 0.717) is 25.1 Å². The van der Waals surface area contributed by atoms with Crippen LogP contribution in [0, 0.1) is 5.82 Å². The second-order valence-corrected chi connectivity index (χ2v) is 5.31. The van der Waals surface area contributed by atoms with Crippen LogP contribution in [-0.4, -0.2) is 10.9 Å². The number of amides is 1. The van der Waals surface area contributed by atoms with Gasteiger partial charge in [-0.05, 0) is 42.7 Å². The van der Waals surface area contributed by atoms with Crippen LogP contribution in [0.1, 0.15) is 18.4 Å². The highest BCUT2D eigenvalue weighted by Crippen LogP contribution is 2.13. The van der Waals surface area contributed by atoms with Gasteiger partial charge >= 0.3 is 0 Å². The molecule has 2 aromatic rings. The van der Waals surface area contributed by atoms with E-state index in [1.165, 1.54) is 12.1 Å². The fourth-order valence-electron chi connectivity index (χ4n) is 1.82. The molecule has 0 fully saturated rings. The van der Waals surface area contributed by atoms with E-state index in [4.69, 9.17) is 0 Å². The van der Waals surface area contributed by atoms with Crippen LogP contribution in [-0.2, 0) is 11.2 Å². The van der Waals surface area contributed by atoms with Gasteiger partial charge in [-0.1, -0.05) is 28.1 Å². The van der Waals surface area contributed by atoms with E-state index in [9.17, 15) is 9.18 Å². The molecule has 1 heterocycles. The number of pyridine rings is 1. The molecule has 3 nitrogen and oxygen atoms in total. The molecule has 0 aliphatic rings. The summed E-state index contributed by atoms with van der Waals surface area (Å²) >= 11 is 3.32. The molecule has 0 saturated carbocycles. The average molecular weight is 337 g/mol. The average Bonchev–Trinajstić information content (AvgIpc) is 2.38. The van der Waals surface area contributed by atoms with E-state index in [1.54, 1.807) is 24.4 Å².